The van der Waals surface area contributed by atoms with E-state index in [2.05, 4.69) is 4.98 Å². The average molecular weight is 285 g/mol. The Hall–Kier alpha value is -1.47. The lowest BCUT2D eigenvalue weighted by atomic mass is 10.2. The minimum Gasteiger partial charge on any atom is -0.340 e. The van der Waals surface area contributed by atoms with E-state index < -0.39 is 15.9 Å². The summed E-state index contributed by atoms with van der Waals surface area (Å²) in [5.74, 6) is -0.354. The first kappa shape index (κ1) is 15.6. The van der Waals surface area contributed by atoms with Gasteiger partial charge in [-0.1, -0.05) is 6.07 Å². The fraction of sp³-hybridized carbons (Fsp3) is 0.500. The van der Waals surface area contributed by atoms with Gasteiger partial charge in [-0.15, -0.1) is 0 Å². The molecule has 0 spiro atoms. The van der Waals surface area contributed by atoms with E-state index >= 15 is 0 Å². The molecule has 1 amide bonds. The van der Waals surface area contributed by atoms with Crippen molar-refractivity contribution in [1.82, 2.24) is 9.88 Å². The van der Waals surface area contributed by atoms with Gasteiger partial charge in [-0.05, 0) is 18.1 Å². The first-order valence-electron chi connectivity index (χ1n) is 5.87. The Kier molecular flexibility index (Phi) is 5.44. The summed E-state index contributed by atoms with van der Waals surface area (Å²) in [6.07, 6.45) is 4.59. The molecule has 7 heteroatoms. The van der Waals surface area contributed by atoms with Crippen LogP contribution in [0.1, 0.15) is 12.0 Å². The second-order valence-electron chi connectivity index (χ2n) is 4.58. The number of carbonyl (C=O) groups excluding carboxylic acids is 1. The van der Waals surface area contributed by atoms with E-state index in [0.717, 1.165) is 11.8 Å². The number of likely N-dealkylation sites (N-methyl/N-ethyl adjacent to an activating group) is 1. The summed E-state index contributed by atoms with van der Waals surface area (Å²) in [6, 6.07) is 2.85. The van der Waals surface area contributed by atoms with Crippen molar-refractivity contribution in [3.8, 4) is 0 Å². The maximum Gasteiger partial charge on any atom is 0.239 e. The number of nitrogens with two attached hydrogens (primary N) is 1. The molecular weight excluding hydrogens is 266 g/mol. The molecule has 0 saturated carbocycles. The van der Waals surface area contributed by atoms with Crippen molar-refractivity contribution in [3.63, 3.8) is 0 Å². The van der Waals surface area contributed by atoms with Crippen molar-refractivity contribution in [2.45, 2.75) is 19.0 Å². The van der Waals surface area contributed by atoms with Crippen molar-refractivity contribution < 1.29 is 13.2 Å². The van der Waals surface area contributed by atoms with Crippen LogP contribution in [0.2, 0.25) is 0 Å². The predicted octanol–water partition coefficient (Wildman–Crippen LogP) is -0.198. The Labute approximate surface area is 113 Å². The summed E-state index contributed by atoms with van der Waals surface area (Å²) in [5.41, 5.74) is 6.60. The Morgan fingerprint density at radius 1 is 1.53 bits per heavy atom. The lowest BCUT2D eigenvalue weighted by Gasteiger charge is -2.21. The van der Waals surface area contributed by atoms with Crippen molar-refractivity contribution in [2.24, 2.45) is 5.73 Å². The molecule has 0 aliphatic rings. The van der Waals surface area contributed by atoms with Crippen molar-refractivity contribution in [3.05, 3.63) is 30.1 Å². The van der Waals surface area contributed by atoms with Gasteiger partial charge in [0.25, 0.3) is 0 Å². The van der Waals surface area contributed by atoms with Gasteiger partial charge >= 0.3 is 0 Å². The van der Waals surface area contributed by atoms with Gasteiger partial charge in [0.15, 0.2) is 0 Å². The largest absolute Gasteiger partial charge is 0.340 e. The first-order valence-corrected chi connectivity index (χ1v) is 7.93. The molecule has 1 heterocycles. The van der Waals surface area contributed by atoms with Crippen molar-refractivity contribution >= 4 is 15.7 Å². The van der Waals surface area contributed by atoms with Gasteiger partial charge in [0.2, 0.25) is 5.91 Å². The first-order chi connectivity index (χ1) is 8.79. The van der Waals surface area contributed by atoms with Gasteiger partial charge in [-0.3, -0.25) is 9.78 Å². The number of nitrogens with zero attached hydrogens (tertiary/aromatic N) is 2. The van der Waals surface area contributed by atoms with E-state index in [0.29, 0.717) is 6.54 Å². The maximum atomic E-state index is 11.9. The molecule has 1 aromatic rings. The molecule has 0 bridgehead atoms. The minimum absolute atomic E-state index is 0.0827. The van der Waals surface area contributed by atoms with Crippen LogP contribution >= 0.6 is 0 Å². The van der Waals surface area contributed by atoms with Crippen LogP contribution in [-0.2, 0) is 21.2 Å². The molecule has 0 saturated heterocycles. The third kappa shape index (κ3) is 5.80. The van der Waals surface area contributed by atoms with Gasteiger partial charge in [0.1, 0.15) is 9.84 Å². The summed E-state index contributed by atoms with van der Waals surface area (Å²) in [5, 5.41) is 0. The second-order valence-corrected chi connectivity index (χ2v) is 6.84. The predicted molar refractivity (Wildman–Crippen MR) is 73.0 cm³/mol. The molecule has 1 aromatic heterocycles. The van der Waals surface area contributed by atoms with E-state index in [1.165, 1.54) is 4.90 Å². The van der Waals surface area contributed by atoms with Crippen LogP contribution in [0, 0.1) is 0 Å². The highest BCUT2D eigenvalue weighted by Gasteiger charge is 2.19. The van der Waals surface area contributed by atoms with E-state index in [9.17, 15) is 13.2 Å². The van der Waals surface area contributed by atoms with Crippen LogP contribution in [0.3, 0.4) is 0 Å². The zero-order valence-corrected chi connectivity index (χ0v) is 11.9. The summed E-state index contributed by atoms with van der Waals surface area (Å²) >= 11 is 0. The Balaban J connectivity index is 2.52. The highest BCUT2D eigenvalue weighted by molar-refractivity contribution is 7.90. The Morgan fingerprint density at radius 2 is 2.21 bits per heavy atom. The molecule has 19 heavy (non-hydrogen) atoms. The van der Waals surface area contributed by atoms with Crippen molar-refractivity contribution in [1.29, 1.82) is 0 Å². The summed E-state index contributed by atoms with van der Waals surface area (Å²) in [7, 11) is -1.46. The minimum atomic E-state index is -3.10. The molecule has 2 N–H and O–H groups in total. The number of pyridine rings is 1. The molecule has 1 rings (SSSR count). The molecule has 0 aliphatic heterocycles. The lowest BCUT2D eigenvalue weighted by Crippen LogP contribution is -2.42. The molecular formula is C12H19N3O3S. The zero-order chi connectivity index (χ0) is 14.5. The molecule has 0 fully saturated rings. The third-order valence-corrected chi connectivity index (χ3v) is 3.61. The van der Waals surface area contributed by atoms with Gasteiger partial charge in [0.05, 0.1) is 11.8 Å². The topological polar surface area (TPSA) is 93.4 Å². The summed E-state index contributed by atoms with van der Waals surface area (Å²) in [4.78, 5) is 17.4. The van der Waals surface area contributed by atoms with Crippen LogP contribution in [0.25, 0.3) is 0 Å². The quantitative estimate of drug-likeness (QED) is 0.781. The molecule has 0 aliphatic carbocycles. The van der Waals surface area contributed by atoms with Crippen LogP contribution < -0.4 is 5.73 Å². The number of rotatable bonds is 6. The summed E-state index contributed by atoms with van der Waals surface area (Å²) in [6.45, 7) is 0.402. The number of hydrogen-bond acceptors (Lipinski definition) is 5. The van der Waals surface area contributed by atoms with Crippen LogP contribution in [0.5, 0.6) is 0 Å². The average Bonchev–Trinajstić information content (AvgIpc) is 2.35. The molecule has 0 unspecified atom stereocenters. The number of sulfone groups is 1. The fourth-order valence-corrected chi connectivity index (χ4v) is 2.27. The van der Waals surface area contributed by atoms with E-state index in [4.69, 9.17) is 5.73 Å². The number of aromatic nitrogens is 1. The van der Waals surface area contributed by atoms with E-state index in [1.54, 1.807) is 25.5 Å². The van der Waals surface area contributed by atoms with Crippen LogP contribution in [-0.4, -0.2) is 49.3 Å². The molecule has 6 nitrogen and oxygen atoms in total. The monoisotopic (exact) mass is 285 g/mol. The normalized spacial score (nSPS) is 13.0. The standard InChI is InChI=1S/C12H19N3O3S/c1-15(9-10-4-3-6-14-8-10)12(16)11(13)5-7-19(2,17)18/h3-4,6,8,11H,5,7,9,13H2,1-2H3/t11-/m0/s1. The third-order valence-electron chi connectivity index (χ3n) is 2.64. The molecule has 1 atom stereocenters. The Bertz CT molecular complexity index is 516. The van der Waals surface area contributed by atoms with Gasteiger partial charge in [-0.2, -0.15) is 0 Å². The molecule has 0 radical (unpaired) electrons. The zero-order valence-electron chi connectivity index (χ0n) is 11.1. The highest BCUT2D eigenvalue weighted by Crippen LogP contribution is 2.04. The van der Waals surface area contributed by atoms with Crippen molar-refractivity contribution in [2.75, 3.05) is 19.1 Å². The number of amides is 1. The smallest absolute Gasteiger partial charge is 0.239 e. The second kappa shape index (κ2) is 6.63. The van der Waals surface area contributed by atoms with Crippen LogP contribution in [0.15, 0.2) is 24.5 Å². The van der Waals surface area contributed by atoms with Gasteiger partial charge < -0.3 is 10.6 Å². The van der Waals surface area contributed by atoms with Gasteiger partial charge in [0, 0.05) is 32.2 Å². The lowest BCUT2D eigenvalue weighted by molar-refractivity contribution is -0.131. The SMILES string of the molecule is CN(Cc1cccnc1)C(=O)[C@@H](N)CCS(C)(=O)=O. The van der Waals surface area contributed by atoms with E-state index in [-0.39, 0.29) is 18.1 Å². The number of carbonyl (C=O) groups is 1. The van der Waals surface area contributed by atoms with Gasteiger partial charge in [-0.25, -0.2) is 8.42 Å². The Morgan fingerprint density at radius 3 is 2.74 bits per heavy atom. The van der Waals surface area contributed by atoms with Crippen LogP contribution in [0.4, 0.5) is 0 Å². The highest BCUT2D eigenvalue weighted by atomic mass is 32.2. The maximum absolute atomic E-state index is 11.9. The molecule has 0 aromatic carbocycles. The van der Waals surface area contributed by atoms with E-state index in [1.807, 2.05) is 6.07 Å². The summed E-state index contributed by atoms with van der Waals surface area (Å²) < 4.78 is 22.1. The number of hydrogen-bond donors (Lipinski definition) is 1. The fourth-order valence-electron chi connectivity index (χ4n) is 1.59. The molecule has 106 valence electrons.